The highest BCUT2D eigenvalue weighted by Gasteiger charge is 2.07. The minimum Gasteiger partial charge on any atom is -0.444 e. The number of guanidine groups is 1. The van der Waals surface area contributed by atoms with Gasteiger partial charge in [0.2, 0.25) is 5.89 Å². The van der Waals surface area contributed by atoms with Crippen LogP contribution in [-0.2, 0) is 13.1 Å². The normalized spacial score (nSPS) is 10.9. The van der Waals surface area contributed by atoms with Crippen molar-refractivity contribution in [1.29, 1.82) is 0 Å². The van der Waals surface area contributed by atoms with E-state index in [1.807, 2.05) is 20.8 Å². The Bertz CT molecular complexity index is 708. The Balaban J connectivity index is 0.00000312. The van der Waals surface area contributed by atoms with Crippen molar-refractivity contribution >= 4 is 35.6 Å². The van der Waals surface area contributed by atoms with Crippen molar-refractivity contribution in [1.82, 2.24) is 15.6 Å². The molecule has 136 valence electrons. The Morgan fingerprint density at radius 2 is 1.96 bits per heavy atom. The molecular formula is C16H22IN5O3. The molecule has 0 unspecified atom stereocenters. The van der Waals surface area contributed by atoms with Gasteiger partial charge in [0.1, 0.15) is 5.76 Å². The number of nitrogens with one attached hydrogen (secondary N) is 2. The van der Waals surface area contributed by atoms with Gasteiger partial charge in [-0.1, -0.05) is 12.1 Å². The van der Waals surface area contributed by atoms with Crippen molar-refractivity contribution in [3.8, 4) is 0 Å². The van der Waals surface area contributed by atoms with E-state index in [9.17, 15) is 10.1 Å². The van der Waals surface area contributed by atoms with Gasteiger partial charge in [-0.2, -0.15) is 0 Å². The van der Waals surface area contributed by atoms with Crippen LogP contribution in [0.5, 0.6) is 0 Å². The number of nitro benzene ring substituents is 1. The van der Waals surface area contributed by atoms with Gasteiger partial charge in [-0.3, -0.25) is 10.1 Å². The predicted molar refractivity (Wildman–Crippen MR) is 106 cm³/mol. The first-order chi connectivity index (χ1) is 11.5. The van der Waals surface area contributed by atoms with Crippen LogP contribution in [0.2, 0.25) is 0 Å². The topological polar surface area (TPSA) is 106 Å². The van der Waals surface area contributed by atoms with Crippen LogP contribution in [0.4, 0.5) is 5.69 Å². The van der Waals surface area contributed by atoms with Crippen molar-refractivity contribution in [3.63, 3.8) is 0 Å². The van der Waals surface area contributed by atoms with Crippen molar-refractivity contribution in [2.24, 2.45) is 4.99 Å². The van der Waals surface area contributed by atoms with Crippen LogP contribution in [-0.4, -0.2) is 22.4 Å². The van der Waals surface area contributed by atoms with Gasteiger partial charge in [-0.25, -0.2) is 9.98 Å². The molecular weight excluding hydrogens is 437 g/mol. The van der Waals surface area contributed by atoms with Crippen molar-refractivity contribution < 1.29 is 9.34 Å². The smallest absolute Gasteiger partial charge is 0.269 e. The molecule has 9 heteroatoms. The second kappa shape index (κ2) is 9.97. The number of aliphatic imine (C=N–C) groups is 1. The Kier molecular flexibility index (Phi) is 8.32. The van der Waals surface area contributed by atoms with Gasteiger partial charge in [0.15, 0.2) is 5.96 Å². The highest BCUT2D eigenvalue weighted by atomic mass is 127. The maximum atomic E-state index is 10.7. The number of benzene rings is 1. The zero-order valence-electron chi connectivity index (χ0n) is 14.4. The molecule has 0 atom stereocenters. The largest absolute Gasteiger partial charge is 0.444 e. The number of hydrogen-bond donors (Lipinski definition) is 2. The van der Waals surface area contributed by atoms with E-state index >= 15 is 0 Å². The first kappa shape index (κ1) is 20.9. The van der Waals surface area contributed by atoms with Crippen LogP contribution in [0.1, 0.15) is 29.8 Å². The Morgan fingerprint density at radius 3 is 2.48 bits per heavy atom. The highest BCUT2D eigenvalue weighted by Crippen LogP contribution is 2.12. The molecule has 0 amide bonds. The van der Waals surface area contributed by atoms with Gasteiger partial charge in [-0.15, -0.1) is 24.0 Å². The van der Waals surface area contributed by atoms with Crippen molar-refractivity contribution in [2.75, 3.05) is 6.54 Å². The zero-order valence-corrected chi connectivity index (χ0v) is 16.7. The van der Waals surface area contributed by atoms with Crippen LogP contribution in [0, 0.1) is 24.0 Å². The summed E-state index contributed by atoms with van der Waals surface area (Å²) in [5.74, 6) is 2.04. The van der Waals surface area contributed by atoms with E-state index in [0.29, 0.717) is 24.9 Å². The van der Waals surface area contributed by atoms with E-state index in [2.05, 4.69) is 20.6 Å². The van der Waals surface area contributed by atoms with E-state index in [-0.39, 0.29) is 29.7 Å². The number of halogens is 1. The maximum absolute atomic E-state index is 10.7. The molecule has 2 aromatic rings. The molecule has 2 N–H and O–H groups in total. The summed E-state index contributed by atoms with van der Waals surface area (Å²) < 4.78 is 5.52. The number of aryl methyl sites for hydroxylation is 2. The third-order valence-electron chi connectivity index (χ3n) is 3.39. The van der Waals surface area contributed by atoms with Crippen LogP contribution < -0.4 is 10.6 Å². The summed E-state index contributed by atoms with van der Waals surface area (Å²) >= 11 is 0. The van der Waals surface area contributed by atoms with Gasteiger partial charge in [0.25, 0.3) is 5.69 Å². The molecule has 0 saturated carbocycles. The number of nitrogens with zero attached hydrogens (tertiary/aromatic N) is 3. The molecule has 0 aliphatic rings. The standard InChI is InChI=1S/C16H21N5O3.HI/c1-4-17-16(19-10-15-20-11(2)12(3)24-15)18-9-13-5-7-14(8-6-13)21(22)23;/h5-8H,4,9-10H2,1-3H3,(H2,17,18,19);1H. The number of non-ortho nitro benzene ring substituents is 1. The van der Waals surface area contributed by atoms with Crippen LogP contribution in [0.25, 0.3) is 0 Å². The van der Waals surface area contributed by atoms with E-state index in [0.717, 1.165) is 23.6 Å². The fourth-order valence-electron chi connectivity index (χ4n) is 2.01. The van der Waals surface area contributed by atoms with Crippen LogP contribution >= 0.6 is 24.0 Å². The van der Waals surface area contributed by atoms with Crippen LogP contribution in [0.15, 0.2) is 33.7 Å². The van der Waals surface area contributed by atoms with E-state index in [1.165, 1.54) is 12.1 Å². The Hall–Kier alpha value is -2.17. The SMILES string of the molecule is CCNC(=NCc1ccc([N+](=O)[O-])cc1)NCc1nc(C)c(C)o1.I. The summed E-state index contributed by atoms with van der Waals surface area (Å²) in [4.78, 5) is 19.0. The molecule has 0 fully saturated rings. The fraction of sp³-hybridized carbons (Fsp3) is 0.375. The first-order valence-corrected chi connectivity index (χ1v) is 7.68. The van der Waals surface area contributed by atoms with Crippen molar-refractivity contribution in [3.05, 3.63) is 57.3 Å². The molecule has 0 bridgehead atoms. The lowest BCUT2D eigenvalue weighted by Crippen LogP contribution is -2.36. The van der Waals surface area contributed by atoms with E-state index in [4.69, 9.17) is 4.42 Å². The lowest BCUT2D eigenvalue weighted by molar-refractivity contribution is -0.384. The number of nitro groups is 1. The summed E-state index contributed by atoms with van der Waals surface area (Å²) in [6, 6.07) is 6.35. The second-order valence-corrected chi connectivity index (χ2v) is 5.22. The zero-order chi connectivity index (χ0) is 17.5. The van der Waals surface area contributed by atoms with Gasteiger partial charge in [-0.05, 0) is 26.3 Å². The third kappa shape index (κ3) is 6.33. The molecule has 0 radical (unpaired) electrons. The molecule has 8 nitrogen and oxygen atoms in total. The van der Waals surface area contributed by atoms with Gasteiger partial charge in [0.05, 0.1) is 23.7 Å². The average molecular weight is 459 g/mol. The summed E-state index contributed by atoms with van der Waals surface area (Å²) in [5.41, 5.74) is 1.84. The summed E-state index contributed by atoms with van der Waals surface area (Å²) in [6.07, 6.45) is 0. The minimum atomic E-state index is -0.418. The quantitative estimate of drug-likeness (QED) is 0.226. The molecule has 0 aliphatic heterocycles. The molecule has 1 aromatic heterocycles. The van der Waals surface area contributed by atoms with Gasteiger partial charge < -0.3 is 15.1 Å². The van der Waals surface area contributed by atoms with Crippen LogP contribution in [0.3, 0.4) is 0 Å². The van der Waals surface area contributed by atoms with Gasteiger partial charge >= 0.3 is 0 Å². The molecule has 0 spiro atoms. The number of aromatic nitrogens is 1. The Labute approximate surface area is 163 Å². The van der Waals surface area contributed by atoms with E-state index in [1.54, 1.807) is 12.1 Å². The molecule has 0 saturated heterocycles. The molecule has 0 aliphatic carbocycles. The minimum absolute atomic E-state index is 0. The first-order valence-electron chi connectivity index (χ1n) is 7.68. The average Bonchev–Trinajstić information content (AvgIpc) is 2.88. The predicted octanol–water partition coefficient (Wildman–Crippen LogP) is 3.07. The molecule has 1 aromatic carbocycles. The summed E-state index contributed by atoms with van der Waals surface area (Å²) in [7, 11) is 0. The lowest BCUT2D eigenvalue weighted by Gasteiger charge is -2.09. The maximum Gasteiger partial charge on any atom is 0.269 e. The third-order valence-corrected chi connectivity index (χ3v) is 3.39. The van der Waals surface area contributed by atoms with E-state index < -0.39 is 4.92 Å². The number of oxazole rings is 1. The van der Waals surface area contributed by atoms with Crippen molar-refractivity contribution in [2.45, 2.75) is 33.9 Å². The Morgan fingerprint density at radius 1 is 1.28 bits per heavy atom. The summed E-state index contributed by atoms with van der Waals surface area (Å²) in [5, 5.41) is 16.9. The summed E-state index contributed by atoms with van der Waals surface area (Å²) in [6.45, 7) is 7.31. The highest BCUT2D eigenvalue weighted by molar-refractivity contribution is 14.0. The number of rotatable bonds is 6. The molecule has 25 heavy (non-hydrogen) atoms. The van der Waals surface area contributed by atoms with Gasteiger partial charge in [0, 0.05) is 18.7 Å². The lowest BCUT2D eigenvalue weighted by atomic mass is 10.2. The molecule has 1 heterocycles. The number of hydrogen-bond acceptors (Lipinski definition) is 5. The second-order valence-electron chi connectivity index (χ2n) is 5.22. The monoisotopic (exact) mass is 459 g/mol. The molecule has 2 rings (SSSR count). The fourth-order valence-corrected chi connectivity index (χ4v) is 2.01.